The minimum atomic E-state index is -0.808. The summed E-state index contributed by atoms with van der Waals surface area (Å²) < 4.78 is 5.57. The molecule has 1 amide bonds. The molecule has 1 aromatic carbocycles. The number of carbonyl (C=O) groups is 2. The minimum Gasteiger partial charge on any atom is -0.494 e. The van der Waals surface area contributed by atoms with Crippen molar-refractivity contribution in [1.29, 1.82) is 0 Å². The molecule has 1 heterocycles. The van der Waals surface area contributed by atoms with Gasteiger partial charge < -0.3 is 14.7 Å². The van der Waals surface area contributed by atoms with Gasteiger partial charge in [-0.05, 0) is 38.3 Å². The molecule has 1 aliphatic rings. The summed E-state index contributed by atoms with van der Waals surface area (Å²) in [6, 6.07) is 9.62. The molecule has 0 radical (unpaired) electrons. The van der Waals surface area contributed by atoms with Gasteiger partial charge in [0.1, 0.15) is 5.75 Å². The van der Waals surface area contributed by atoms with Crippen LogP contribution >= 0.6 is 0 Å². The average Bonchev–Trinajstić information content (AvgIpc) is 2.52. The van der Waals surface area contributed by atoms with Gasteiger partial charge >= 0.3 is 5.97 Å². The molecule has 2 rings (SSSR count). The molecule has 0 saturated carbocycles. The zero-order valence-corrected chi connectivity index (χ0v) is 12.9. The molecule has 0 spiro atoms. The van der Waals surface area contributed by atoms with Crippen LogP contribution in [0.2, 0.25) is 0 Å². The van der Waals surface area contributed by atoms with Gasteiger partial charge in [0.05, 0.1) is 12.5 Å². The van der Waals surface area contributed by atoms with Crippen molar-refractivity contribution in [1.82, 2.24) is 4.90 Å². The molecule has 1 saturated heterocycles. The predicted octanol–water partition coefficient (Wildman–Crippen LogP) is 2.56. The number of ether oxygens (including phenoxy) is 1. The minimum absolute atomic E-state index is 0.0233. The van der Waals surface area contributed by atoms with Crippen molar-refractivity contribution in [2.75, 3.05) is 13.2 Å². The monoisotopic (exact) mass is 305 g/mol. The van der Waals surface area contributed by atoms with Crippen molar-refractivity contribution in [3.05, 3.63) is 30.3 Å². The van der Waals surface area contributed by atoms with Crippen LogP contribution in [0.3, 0.4) is 0 Å². The zero-order valence-electron chi connectivity index (χ0n) is 12.9. The number of aliphatic carboxylic acids is 1. The first kappa shape index (κ1) is 16.3. The number of benzene rings is 1. The highest BCUT2D eigenvalue weighted by molar-refractivity contribution is 5.78. The Morgan fingerprint density at radius 1 is 1.27 bits per heavy atom. The predicted molar refractivity (Wildman–Crippen MR) is 82.7 cm³/mol. The van der Waals surface area contributed by atoms with E-state index in [1.165, 1.54) is 0 Å². The molecule has 1 aromatic rings. The van der Waals surface area contributed by atoms with Gasteiger partial charge in [-0.25, -0.2) is 0 Å². The number of carboxylic acid groups (broad SMARTS) is 1. The number of piperidine rings is 1. The number of para-hydroxylation sites is 1. The van der Waals surface area contributed by atoms with E-state index < -0.39 is 11.9 Å². The van der Waals surface area contributed by atoms with E-state index in [0.29, 0.717) is 32.4 Å². The first-order chi connectivity index (χ1) is 10.6. The van der Waals surface area contributed by atoms with Gasteiger partial charge in [0.25, 0.3) is 0 Å². The highest BCUT2D eigenvalue weighted by Gasteiger charge is 2.32. The molecule has 22 heavy (non-hydrogen) atoms. The topological polar surface area (TPSA) is 66.8 Å². The molecule has 1 aliphatic heterocycles. The summed E-state index contributed by atoms with van der Waals surface area (Å²) >= 11 is 0. The van der Waals surface area contributed by atoms with Gasteiger partial charge in [0.15, 0.2) is 0 Å². The molecule has 5 heteroatoms. The van der Waals surface area contributed by atoms with E-state index in [2.05, 4.69) is 0 Å². The van der Waals surface area contributed by atoms with Crippen LogP contribution in [0.1, 0.15) is 32.6 Å². The molecular formula is C17H23NO4. The van der Waals surface area contributed by atoms with Crippen molar-refractivity contribution in [3.63, 3.8) is 0 Å². The molecule has 0 bridgehead atoms. The molecule has 0 aromatic heterocycles. The summed E-state index contributed by atoms with van der Waals surface area (Å²) in [5.41, 5.74) is 0. The summed E-state index contributed by atoms with van der Waals surface area (Å²) in [5, 5.41) is 9.11. The summed E-state index contributed by atoms with van der Waals surface area (Å²) in [5.74, 6) is -0.417. The van der Waals surface area contributed by atoms with Gasteiger partial charge in [-0.15, -0.1) is 0 Å². The number of nitrogens with zero attached hydrogens (tertiary/aromatic N) is 1. The second-order valence-electron chi connectivity index (χ2n) is 5.77. The lowest BCUT2D eigenvalue weighted by Crippen LogP contribution is -2.47. The van der Waals surface area contributed by atoms with E-state index in [0.717, 1.165) is 12.2 Å². The Morgan fingerprint density at radius 2 is 2.00 bits per heavy atom. The first-order valence-electron chi connectivity index (χ1n) is 7.78. The van der Waals surface area contributed by atoms with Crippen LogP contribution in [0.15, 0.2) is 30.3 Å². The van der Waals surface area contributed by atoms with Crippen LogP contribution in [-0.2, 0) is 9.59 Å². The lowest BCUT2D eigenvalue weighted by atomic mass is 9.93. The molecule has 1 N–H and O–H groups in total. The third-order valence-electron chi connectivity index (χ3n) is 4.10. The van der Waals surface area contributed by atoms with Crippen LogP contribution in [0.5, 0.6) is 5.75 Å². The van der Waals surface area contributed by atoms with E-state index in [9.17, 15) is 9.59 Å². The van der Waals surface area contributed by atoms with Crippen molar-refractivity contribution >= 4 is 11.9 Å². The summed E-state index contributed by atoms with van der Waals surface area (Å²) in [6.45, 7) is 2.80. The fourth-order valence-electron chi connectivity index (χ4n) is 2.73. The fraction of sp³-hybridized carbons (Fsp3) is 0.529. The third kappa shape index (κ3) is 4.48. The summed E-state index contributed by atoms with van der Waals surface area (Å²) in [4.78, 5) is 25.1. The number of carbonyl (C=O) groups excluding carboxylic acids is 1. The highest BCUT2D eigenvalue weighted by atomic mass is 16.5. The number of amides is 1. The average molecular weight is 305 g/mol. The van der Waals surface area contributed by atoms with Crippen LogP contribution in [0.25, 0.3) is 0 Å². The maximum Gasteiger partial charge on any atom is 0.308 e. The van der Waals surface area contributed by atoms with Crippen LogP contribution < -0.4 is 4.74 Å². The molecule has 5 nitrogen and oxygen atoms in total. The van der Waals surface area contributed by atoms with E-state index in [1.54, 1.807) is 4.90 Å². The Hall–Kier alpha value is -2.04. The van der Waals surface area contributed by atoms with Crippen molar-refractivity contribution < 1.29 is 19.4 Å². The Balaban J connectivity index is 1.75. The lowest BCUT2D eigenvalue weighted by Gasteiger charge is -2.36. The normalized spacial score (nSPS) is 21.4. The highest BCUT2D eigenvalue weighted by Crippen LogP contribution is 2.23. The molecular weight excluding hydrogens is 282 g/mol. The van der Waals surface area contributed by atoms with Gasteiger partial charge in [-0.2, -0.15) is 0 Å². The summed E-state index contributed by atoms with van der Waals surface area (Å²) in [6.07, 6.45) is 2.43. The maximum absolute atomic E-state index is 12.3. The Kier molecular flexibility index (Phi) is 5.81. The number of hydrogen-bond donors (Lipinski definition) is 1. The number of hydrogen-bond acceptors (Lipinski definition) is 3. The van der Waals surface area contributed by atoms with Gasteiger partial charge in [0, 0.05) is 19.0 Å². The van der Waals surface area contributed by atoms with Crippen molar-refractivity contribution in [3.8, 4) is 5.75 Å². The Labute approximate surface area is 130 Å². The van der Waals surface area contributed by atoms with E-state index in [4.69, 9.17) is 9.84 Å². The second kappa shape index (κ2) is 7.82. The number of rotatable bonds is 6. The number of likely N-dealkylation sites (tertiary alicyclic amines) is 1. The molecule has 120 valence electrons. The third-order valence-corrected chi connectivity index (χ3v) is 4.10. The largest absolute Gasteiger partial charge is 0.494 e. The number of carboxylic acids is 1. The zero-order chi connectivity index (χ0) is 15.9. The van der Waals surface area contributed by atoms with Crippen LogP contribution in [-0.4, -0.2) is 41.1 Å². The van der Waals surface area contributed by atoms with E-state index >= 15 is 0 Å². The lowest BCUT2D eigenvalue weighted by molar-refractivity contribution is -0.147. The first-order valence-corrected chi connectivity index (χ1v) is 7.78. The SMILES string of the molecule is CC1CCC(C(=O)O)CN1C(=O)CCCOc1ccccc1. The quantitative estimate of drug-likeness (QED) is 0.820. The van der Waals surface area contributed by atoms with Crippen LogP contribution in [0, 0.1) is 5.92 Å². The smallest absolute Gasteiger partial charge is 0.308 e. The Bertz CT molecular complexity index is 503. The van der Waals surface area contributed by atoms with Crippen molar-refractivity contribution in [2.45, 2.75) is 38.6 Å². The van der Waals surface area contributed by atoms with Crippen molar-refractivity contribution in [2.24, 2.45) is 5.92 Å². The standard InChI is InChI=1S/C17H23NO4/c1-13-9-10-14(17(20)21)12-18(13)16(19)8-5-11-22-15-6-3-2-4-7-15/h2-4,6-7,13-14H,5,8-12H2,1H3,(H,20,21). The van der Waals surface area contributed by atoms with Gasteiger partial charge in [-0.1, -0.05) is 18.2 Å². The second-order valence-corrected chi connectivity index (χ2v) is 5.77. The maximum atomic E-state index is 12.3. The van der Waals surface area contributed by atoms with Gasteiger partial charge in [0.2, 0.25) is 5.91 Å². The van der Waals surface area contributed by atoms with E-state index in [1.807, 2.05) is 37.3 Å². The van der Waals surface area contributed by atoms with E-state index in [-0.39, 0.29) is 11.9 Å². The molecule has 1 fully saturated rings. The summed E-state index contributed by atoms with van der Waals surface area (Å²) in [7, 11) is 0. The molecule has 2 atom stereocenters. The molecule has 2 unspecified atom stereocenters. The fourth-order valence-corrected chi connectivity index (χ4v) is 2.73. The molecule has 0 aliphatic carbocycles. The van der Waals surface area contributed by atoms with Gasteiger partial charge in [-0.3, -0.25) is 9.59 Å². The van der Waals surface area contributed by atoms with Crippen LogP contribution in [0.4, 0.5) is 0 Å². The Morgan fingerprint density at radius 3 is 2.68 bits per heavy atom.